The van der Waals surface area contributed by atoms with Gasteiger partial charge in [0.25, 0.3) is 0 Å². The van der Waals surface area contributed by atoms with Gasteiger partial charge in [-0.2, -0.15) is 0 Å². The van der Waals surface area contributed by atoms with Crippen LogP contribution in [0.25, 0.3) is 0 Å². The van der Waals surface area contributed by atoms with E-state index in [1.54, 1.807) is 6.92 Å². The van der Waals surface area contributed by atoms with Gasteiger partial charge < -0.3 is 4.90 Å². The van der Waals surface area contributed by atoms with Crippen molar-refractivity contribution in [2.24, 2.45) is 0 Å². The molecule has 2 saturated heterocycles. The fourth-order valence-corrected chi connectivity index (χ4v) is 4.27. The summed E-state index contributed by atoms with van der Waals surface area (Å²) in [4.78, 5) is 42.7. The molecule has 0 radical (unpaired) electrons. The minimum Gasteiger partial charge on any atom is -0.369 e. The second-order valence-corrected chi connectivity index (χ2v) is 7.97. The zero-order valence-electron chi connectivity index (χ0n) is 17.3. The normalized spacial score (nSPS) is 20.1. The molecule has 2 aromatic rings. The lowest BCUT2D eigenvalue weighted by Gasteiger charge is -2.38. The van der Waals surface area contributed by atoms with Gasteiger partial charge in [0, 0.05) is 44.0 Å². The second kappa shape index (κ2) is 8.79. The summed E-state index contributed by atoms with van der Waals surface area (Å²) >= 11 is 0. The first-order valence-corrected chi connectivity index (χ1v) is 10.5. The molecule has 0 aromatic heterocycles. The number of carbonyl (C=O) groups excluding carboxylic acids is 3. The Labute approximate surface area is 177 Å². The predicted molar refractivity (Wildman–Crippen MR) is 116 cm³/mol. The number of nitrogens with zero attached hydrogens (tertiary/aromatic N) is 3. The van der Waals surface area contributed by atoms with Crippen LogP contribution in [-0.2, 0) is 16.0 Å². The third-order valence-corrected chi connectivity index (χ3v) is 6.08. The van der Waals surface area contributed by atoms with Crippen LogP contribution in [0.5, 0.6) is 0 Å². The van der Waals surface area contributed by atoms with E-state index in [1.807, 2.05) is 54.6 Å². The highest BCUT2D eigenvalue weighted by Crippen LogP contribution is 2.23. The highest BCUT2D eigenvalue weighted by molar-refractivity contribution is 6.05. The first kappa shape index (κ1) is 20.3. The molecule has 2 heterocycles. The zero-order chi connectivity index (χ0) is 21.1. The van der Waals surface area contributed by atoms with Gasteiger partial charge in [-0.05, 0) is 43.2 Å². The van der Waals surface area contributed by atoms with Crippen LogP contribution in [0, 0.1) is 0 Å². The molecular formula is C24H27N3O3. The van der Waals surface area contributed by atoms with Crippen molar-refractivity contribution in [1.29, 1.82) is 0 Å². The number of rotatable bonds is 6. The van der Waals surface area contributed by atoms with Crippen molar-refractivity contribution in [3.8, 4) is 0 Å². The summed E-state index contributed by atoms with van der Waals surface area (Å²) in [5.41, 5.74) is 2.92. The maximum Gasteiger partial charge on any atom is 0.247 e. The number of likely N-dealkylation sites (tertiary alicyclic amines) is 1. The van der Waals surface area contributed by atoms with E-state index >= 15 is 0 Å². The molecule has 156 valence electrons. The molecule has 0 saturated carbocycles. The van der Waals surface area contributed by atoms with Gasteiger partial charge in [0.15, 0.2) is 5.78 Å². The Balaban J connectivity index is 1.32. The molecule has 6 heteroatoms. The minimum absolute atomic E-state index is 0.0600. The summed E-state index contributed by atoms with van der Waals surface area (Å²) in [5, 5.41) is 0. The molecule has 0 N–H and O–H groups in total. The first-order chi connectivity index (χ1) is 14.5. The number of carbonyl (C=O) groups is 3. The van der Waals surface area contributed by atoms with Gasteiger partial charge in [-0.15, -0.1) is 0 Å². The van der Waals surface area contributed by atoms with E-state index < -0.39 is 0 Å². The van der Waals surface area contributed by atoms with Crippen LogP contribution in [0.4, 0.5) is 5.69 Å². The summed E-state index contributed by atoms with van der Waals surface area (Å²) in [7, 11) is 0. The summed E-state index contributed by atoms with van der Waals surface area (Å²) in [5.74, 6) is -0.0639. The van der Waals surface area contributed by atoms with E-state index in [0.717, 1.165) is 37.4 Å². The van der Waals surface area contributed by atoms with Gasteiger partial charge >= 0.3 is 0 Å². The molecule has 1 atom stereocenters. The summed E-state index contributed by atoms with van der Waals surface area (Å²) in [6.07, 6.45) is 0.968. The smallest absolute Gasteiger partial charge is 0.247 e. The molecule has 0 spiro atoms. The highest BCUT2D eigenvalue weighted by Gasteiger charge is 2.42. The van der Waals surface area contributed by atoms with Gasteiger partial charge in [0.1, 0.15) is 0 Å². The molecule has 6 nitrogen and oxygen atoms in total. The van der Waals surface area contributed by atoms with Gasteiger partial charge in [-0.3, -0.25) is 24.2 Å². The van der Waals surface area contributed by atoms with E-state index in [9.17, 15) is 14.4 Å². The molecule has 4 rings (SSSR count). The van der Waals surface area contributed by atoms with Crippen molar-refractivity contribution in [2.75, 3.05) is 37.6 Å². The standard InChI is InChI=1S/C24H27N3O3/c1-18(28)20-7-9-21(10-8-20)25-13-15-26(16-14-25)22-17-23(29)27(24(22)30)12-11-19-5-3-2-4-6-19/h2-10,22H,11-17H2,1H3/t22-/m0/s1. The van der Waals surface area contributed by atoms with Crippen molar-refractivity contribution in [2.45, 2.75) is 25.8 Å². The lowest BCUT2D eigenvalue weighted by molar-refractivity contribution is -0.139. The maximum atomic E-state index is 12.9. The maximum absolute atomic E-state index is 12.9. The SMILES string of the molecule is CC(=O)c1ccc(N2CCN([C@H]3CC(=O)N(CCc4ccccc4)C3=O)CC2)cc1. The summed E-state index contributed by atoms with van der Waals surface area (Å²) in [6.45, 7) is 5.08. The van der Waals surface area contributed by atoms with Crippen LogP contribution in [0.3, 0.4) is 0 Å². The van der Waals surface area contributed by atoms with Crippen LogP contribution in [-0.4, -0.2) is 66.2 Å². The van der Waals surface area contributed by atoms with Crippen molar-refractivity contribution in [1.82, 2.24) is 9.80 Å². The second-order valence-electron chi connectivity index (χ2n) is 7.97. The van der Waals surface area contributed by atoms with Gasteiger partial charge in [0.2, 0.25) is 11.8 Å². The monoisotopic (exact) mass is 405 g/mol. The zero-order valence-corrected chi connectivity index (χ0v) is 17.3. The minimum atomic E-state index is -0.337. The Bertz CT molecular complexity index is 918. The molecule has 2 aliphatic heterocycles. The van der Waals surface area contributed by atoms with Crippen LogP contribution in [0.2, 0.25) is 0 Å². The Morgan fingerprint density at radius 1 is 0.933 bits per heavy atom. The van der Waals surface area contributed by atoms with E-state index in [4.69, 9.17) is 0 Å². The molecule has 0 bridgehead atoms. The molecule has 30 heavy (non-hydrogen) atoms. The van der Waals surface area contributed by atoms with Gasteiger partial charge in [0.05, 0.1) is 12.5 Å². The highest BCUT2D eigenvalue weighted by atomic mass is 16.2. The molecule has 2 amide bonds. The number of imide groups is 1. The van der Waals surface area contributed by atoms with E-state index in [1.165, 1.54) is 4.90 Å². The number of ketones is 1. The molecule has 0 aliphatic carbocycles. The largest absolute Gasteiger partial charge is 0.369 e. The van der Waals surface area contributed by atoms with Crippen LogP contribution in [0.15, 0.2) is 54.6 Å². The lowest BCUT2D eigenvalue weighted by Crippen LogP contribution is -2.52. The van der Waals surface area contributed by atoms with Crippen molar-refractivity contribution in [3.63, 3.8) is 0 Å². The Kier molecular flexibility index (Phi) is 5.95. The topological polar surface area (TPSA) is 60.9 Å². The number of benzene rings is 2. The average molecular weight is 405 g/mol. The molecular weight excluding hydrogens is 378 g/mol. The Morgan fingerprint density at radius 3 is 2.23 bits per heavy atom. The van der Waals surface area contributed by atoms with E-state index in [-0.39, 0.29) is 30.1 Å². The number of hydrogen-bond donors (Lipinski definition) is 0. The fraction of sp³-hybridized carbons (Fsp3) is 0.375. The van der Waals surface area contributed by atoms with Crippen molar-refractivity contribution < 1.29 is 14.4 Å². The van der Waals surface area contributed by atoms with Crippen molar-refractivity contribution >= 4 is 23.3 Å². The number of anilines is 1. The Hall–Kier alpha value is -2.99. The third kappa shape index (κ3) is 4.28. The number of piperazine rings is 1. The van der Waals surface area contributed by atoms with Crippen LogP contribution < -0.4 is 4.90 Å². The quantitative estimate of drug-likeness (QED) is 0.546. The fourth-order valence-electron chi connectivity index (χ4n) is 4.27. The van der Waals surface area contributed by atoms with Gasteiger partial charge in [-0.1, -0.05) is 30.3 Å². The molecule has 2 aromatic carbocycles. The van der Waals surface area contributed by atoms with Crippen LogP contribution in [0.1, 0.15) is 29.3 Å². The number of amides is 2. The molecule has 2 fully saturated rings. The van der Waals surface area contributed by atoms with Crippen LogP contribution >= 0.6 is 0 Å². The van der Waals surface area contributed by atoms with Crippen molar-refractivity contribution in [3.05, 3.63) is 65.7 Å². The summed E-state index contributed by atoms with van der Waals surface area (Å²) < 4.78 is 0. The molecule has 2 aliphatic rings. The average Bonchev–Trinajstić information content (AvgIpc) is 3.06. The summed E-state index contributed by atoms with van der Waals surface area (Å²) in [6, 6.07) is 17.3. The Morgan fingerprint density at radius 2 is 1.60 bits per heavy atom. The molecule has 0 unspecified atom stereocenters. The third-order valence-electron chi connectivity index (χ3n) is 6.08. The predicted octanol–water partition coefficient (Wildman–Crippen LogP) is 2.38. The van der Waals surface area contributed by atoms with E-state index in [2.05, 4.69) is 9.80 Å². The van der Waals surface area contributed by atoms with Gasteiger partial charge in [-0.25, -0.2) is 0 Å². The number of hydrogen-bond acceptors (Lipinski definition) is 5. The first-order valence-electron chi connectivity index (χ1n) is 10.5. The van der Waals surface area contributed by atoms with E-state index in [0.29, 0.717) is 18.5 Å². The number of Topliss-reactive ketones (excluding diaryl/α,β-unsaturated/α-hetero) is 1. The lowest BCUT2D eigenvalue weighted by atomic mass is 10.1.